The molecule has 0 aromatic heterocycles. The Hall–Kier alpha value is -1.59. The zero-order chi connectivity index (χ0) is 21.4. The highest BCUT2D eigenvalue weighted by molar-refractivity contribution is 5.79. The van der Waals surface area contributed by atoms with Crippen molar-refractivity contribution in [3.8, 4) is 11.5 Å². The van der Waals surface area contributed by atoms with Gasteiger partial charge < -0.3 is 18.9 Å². The summed E-state index contributed by atoms with van der Waals surface area (Å²) in [6.07, 6.45) is 9.36. The standard InChI is InChI=1S/C25H38O5/c1-4-6-16-27-21-12-14-22(15-13-21)30-24(26)25(3)17-28-23(29-18-25)20-10-8-19(7-5-2)9-11-20/h12-15,19-20,23H,4-11,16-18H2,1-3H3. The van der Waals surface area contributed by atoms with E-state index in [0.717, 1.165) is 37.4 Å². The van der Waals surface area contributed by atoms with E-state index < -0.39 is 5.41 Å². The Balaban J connectivity index is 1.45. The van der Waals surface area contributed by atoms with Crippen molar-refractivity contribution < 1.29 is 23.7 Å². The quantitative estimate of drug-likeness (QED) is 0.290. The molecule has 0 spiro atoms. The molecule has 1 aliphatic carbocycles. The largest absolute Gasteiger partial charge is 0.494 e. The lowest BCUT2D eigenvalue weighted by atomic mass is 9.79. The maximum absolute atomic E-state index is 12.8. The zero-order valence-corrected chi connectivity index (χ0v) is 18.9. The van der Waals surface area contributed by atoms with Gasteiger partial charge in [-0.15, -0.1) is 0 Å². The van der Waals surface area contributed by atoms with Crippen LogP contribution in [0.5, 0.6) is 11.5 Å². The van der Waals surface area contributed by atoms with Gasteiger partial charge in [0, 0.05) is 5.92 Å². The summed E-state index contributed by atoms with van der Waals surface area (Å²) in [7, 11) is 0. The molecule has 0 atom stereocenters. The topological polar surface area (TPSA) is 54.0 Å². The SMILES string of the molecule is CCCCOc1ccc(OC(=O)C2(C)COC(C3CCC(CCC)CC3)OC2)cc1. The molecule has 1 aromatic carbocycles. The number of esters is 1. The maximum Gasteiger partial charge on any atom is 0.321 e. The van der Waals surface area contributed by atoms with Crippen LogP contribution < -0.4 is 9.47 Å². The van der Waals surface area contributed by atoms with E-state index >= 15 is 0 Å². The lowest BCUT2D eigenvalue weighted by Crippen LogP contribution is -2.49. The highest BCUT2D eigenvalue weighted by Crippen LogP contribution is 2.37. The van der Waals surface area contributed by atoms with Crippen molar-refractivity contribution in [3.05, 3.63) is 24.3 Å². The molecule has 30 heavy (non-hydrogen) atoms. The first-order valence-corrected chi connectivity index (χ1v) is 11.7. The third-order valence-electron chi connectivity index (χ3n) is 6.40. The molecular formula is C25H38O5. The number of hydrogen-bond donors (Lipinski definition) is 0. The van der Waals surface area contributed by atoms with E-state index in [1.54, 1.807) is 12.1 Å². The van der Waals surface area contributed by atoms with Crippen LogP contribution in [0.3, 0.4) is 0 Å². The molecule has 0 unspecified atom stereocenters. The fourth-order valence-corrected chi connectivity index (χ4v) is 4.34. The highest BCUT2D eigenvalue weighted by atomic mass is 16.7. The fourth-order valence-electron chi connectivity index (χ4n) is 4.34. The Morgan fingerprint density at radius 1 is 1.00 bits per heavy atom. The van der Waals surface area contributed by atoms with Crippen molar-refractivity contribution in [2.45, 2.75) is 78.4 Å². The van der Waals surface area contributed by atoms with E-state index in [9.17, 15) is 4.79 Å². The first kappa shape index (κ1) is 23.1. The molecule has 0 amide bonds. The maximum atomic E-state index is 12.8. The van der Waals surface area contributed by atoms with Gasteiger partial charge >= 0.3 is 5.97 Å². The van der Waals surface area contributed by atoms with E-state index in [4.69, 9.17) is 18.9 Å². The highest BCUT2D eigenvalue weighted by Gasteiger charge is 2.43. The minimum atomic E-state index is -0.786. The molecule has 2 aliphatic rings. The lowest BCUT2D eigenvalue weighted by molar-refractivity contribution is -0.250. The van der Waals surface area contributed by atoms with Crippen LogP contribution in [-0.4, -0.2) is 32.1 Å². The average molecular weight is 419 g/mol. The Morgan fingerprint density at radius 2 is 1.63 bits per heavy atom. The first-order chi connectivity index (χ1) is 14.5. The number of carbonyl (C=O) groups is 1. The van der Waals surface area contributed by atoms with Crippen molar-refractivity contribution in [3.63, 3.8) is 0 Å². The van der Waals surface area contributed by atoms with E-state index in [1.807, 2.05) is 19.1 Å². The van der Waals surface area contributed by atoms with Crippen molar-refractivity contribution in [1.82, 2.24) is 0 Å². The molecule has 1 aromatic rings. The summed E-state index contributed by atoms with van der Waals surface area (Å²) in [5.74, 6) is 2.29. The molecule has 1 saturated carbocycles. The summed E-state index contributed by atoms with van der Waals surface area (Å²) >= 11 is 0. The summed E-state index contributed by atoms with van der Waals surface area (Å²) < 4.78 is 23.3. The monoisotopic (exact) mass is 418 g/mol. The predicted molar refractivity (Wildman–Crippen MR) is 117 cm³/mol. The summed E-state index contributed by atoms with van der Waals surface area (Å²) in [5.41, 5.74) is -0.786. The Bertz CT molecular complexity index is 640. The third-order valence-corrected chi connectivity index (χ3v) is 6.40. The second kappa shape index (κ2) is 11.1. The van der Waals surface area contributed by atoms with Crippen LogP contribution in [0.1, 0.15) is 72.1 Å². The minimum Gasteiger partial charge on any atom is -0.494 e. The molecule has 0 bridgehead atoms. The molecular weight excluding hydrogens is 380 g/mol. The summed E-state index contributed by atoms with van der Waals surface area (Å²) in [5, 5.41) is 0. The number of rotatable bonds is 9. The summed E-state index contributed by atoms with van der Waals surface area (Å²) in [4.78, 5) is 12.8. The normalized spacial score (nSPS) is 29.4. The Kier molecular flexibility index (Phi) is 8.58. The van der Waals surface area contributed by atoms with Gasteiger partial charge in [-0.1, -0.05) is 33.1 Å². The zero-order valence-electron chi connectivity index (χ0n) is 18.9. The van der Waals surface area contributed by atoms with E-state index in [-0.39, 0.29) is 12.3 Å². The smallest absolute Gasteiger partial charge is 0.321 e. The average Bonchev–Trinajstić information content (AvgIpc) is 2.76. The molecule has 5 heteroatoms. The van der Waals surface area contributed by atoms with Crippen LogP contribution >= 0.6 is 0 Å². The molecule has 3 rings (SSSR count). The van der Waals surface area contributed by atoms with Crippen LogP contribution in [0.25, 0.3) is 0 Å². The third kappa shape index (κ3) is 6.21. The second-order valence-electron chi connectivity index (χ2n) is 9.18. The van der Waals surface area contributed by atoms with Gasteiger partial charge in [-0.2, -0.15) is 0 Å². The minimum absolute atomic E-state index is 0.187. The summed E-state index contributed by atoms with van der Waals surface area (Å²) in [6.45, 7) is 7.61. The number of carbonyl (C=O) groups excluding carboxylic acids is 1. The first-order valence-electron chi connectivity index (χ1n) is 11.7. The van der Waals surface area contributed by atoms with Crippen LogP contribution in [-0.2, 0) is 14.3 Å². The van der Waals surface area contributed by atoms with Crippen LogP contribution in [0.2, 0.25) is 0 Å². The van der Waals surface area contributed by atoms with Gasteiger partial charge in [0.2, 0.25) is 0 Å². The van der Waals surface area contributed by atoms with Crippen LogP contribution in [0.4, 0.5) is 0 Å². The molecule has 2 fully saturated rings. The van der Waals surface area contributed by atoms with Gasteiger partial charge in [0.1, 0.15) is 16.9 Å². The van der Waals surface area contributed by atoms with Crippen molar-refractivity contribution >= 4 is 5.97 Å². The molecule has 1 aliphatic heterocycles. The molecule has 1 heterocycles. The van der Waals surface area contributed by atoms with Gasteiger partial charge in [-0.3, -0.25) is 4.79 Å². The number of ether oxygens (including phenoxy) is 4. The number of hydrogen-bond acceptors (Lipinski definition) is 5. The van der Waals surface area contributed by atoms with Gasteiger partial charge in [-0.25, -0.2) is 0 Å². The molecule has 168 valence electrons. The second-order valence-corrected chi connectivity index (χ2v) is 9.18. The predicted octanol–water partition coefficient (Wildman–Crippen LogP) is 5.76. The Labute approximate surface area is 181 Å². The summed E-state index contributed by atoms with van der Waals surface area (Å²) in [6, 6.07) is 7.20. The van der Waals surface area contributed by atoms with E-state index in [0.29, 0.717) is 31.5 Å². The fraction of sp³-hybridized carbons (Fsp3) is 0.720. The van der Waals surface area contributed by atoms with Crippen molar-refractivity contribution in [2.75, 3.05) is 19.8 Å². The number of unbranched alkanes of at least 4 members (excludes halogenated alkanes) is 1. The molecule has 5 nitrogen and oxygen atoms in total. The Morgan fingerprint density at radius 3 is 2.23 bits per heavy atom. The molecule has 1 saturated heterocycles. The van der Waals surface area contributed by atoms with Crippen LogP contribution in [0.15, 0.2) is 24.3 Å². The van der Waals surface area contributed by atoms with Gasteiger partial charge in [0.25, 0.3) is 0 Å². The lowest BCUT2D eigenvalue weighted by Gasteiger charge is -2.40. The molecule has 0 radical (unpaired) electrons. The van der Waals surface area contributed by atoms with Gasteiger partial charge in [0.15, 0.2) is 6.29 Å². The van der Waals surface area contributed by atoms with Crippen molar-refractivity contribution in [2.24, 2.45) is 17.3 Å². The number of benzene rings is 1. The van der Waals surface area contributed by atoms with Gasteiger partial charge in [0.05, 0.1) is 19.8 Å². The van der Waals surface area contributed by atoms with Crippen molar-refractivity contribution in [1.29, 1.82) is 0 Å². The van der Waals surface area contributed by atoms with Crippen LogP contribution in [0, 0.1) is 17.3 Å². The van der Waals surface area contributed by atoms with E-state index in [1.165, 1.54) is 25.7 Å². The van der Waals surface area contributed by atoms with E-state index in [2.05, 4.69) is 13.8 Å². The molecule has 0 N–H and O–H groups in total. The van der Waals surface area contributed by atoms with Gasteiger partial charge in [-0.05, 0) is 69.2 Å².